The molecule has 2 aromatic rings. The highest BCUT2D eigenvalue weighted by molar-refractivity contribution is 5.94. The van der Waals surface area contributed by atoms with E-state index in [-0.39, 0.29) is 5.78 Å². The predicted octanol–water partition coefficient (Wildman–Crippen LogP) is 3.94. The van der Waals surface area contributed by atoms with Crippen LogP contribution in [0.3, 0.4) is 0 Å². The zero-order valence-corrected chi connectivity index (χ0v) is 13.5. The maximum atomic E-state index is 11.3. The minimum atomic E-state index is 0.0597. The van der Waals surface area contributed by atoms with E-state index in [1.165, 1.54) is 0 Å². The van der Waals surface area contributed by atoms with Crippen molar-refractivity contribution in [3.8, 4) is 0 Å². The second-order valence-corrected chi connectivity index (χ2v) is 5.40. The van der Waals surface area contributed by atoms with E-state index in [9.17, 15) is 4.79 Å². The van der Waals surface area contributed by atoms with Crippen molar-refractivity contribution in [1.29, 1.82) is 0 Å². The minimum absolute atomic E-state index is 0.0597. The zero-order valence-electron chi connectivity index (χ0n) is 13.5. The van der Waals surface area contributed by atoms with E-state index in [0.29, 0.717) is 17.4 Å². The summed E-state index contributed by atoms with van der Waals surface area (Å²) in [6.07, 6.45) is 1.03. The number of carbonyl (C=O) groups is 1. The highest BCUT2D eigenvalue weighted by atomic mass is 16.1. The molecule has 0 aliphatic rings. The van der Waals surface area contributed by atoms with Crippen LogP contribution < -0.4 is 10.6 Å². The highest BCUT2D eigenvalue weighted by Gasteiger charge is 2.05. The van der Waals surface area contributed by atoms with Gasteiger partial charge in [0.2, 0.25) is 0 Å². The maximum Gasteiger partial charge on any atom is 0.159 e. The summed E-state index contributed by atoms with van der Waals surface area (Å²) < 4.78 is 0. The third-order valence-electron chi connectivity index (χ3n) is 3.41. The van der Waals surface area contributed by atoms with Gasteiger partial charge in [-0.25, -0.2) is 9.97 Å². The number of anilines is 3. The van der Waals surface area contributed by atoms with Crippen molar-refractivity contribution in [2.45, 2.75) is 40.2 Å². The van der Waals surface area contributed by atoms with Crippen LogP contribution in [0.4, 0.5) is 17.3 Å². The summed E-state index contributed by atoms with van der Waals surface area (Å²) in [5.74, 6) is 2.30. The Labute approximate surface area is 131 Å². The summed E-state index contributed by atoms with van der Waals surface area (Å²) >= 11 is 0. The van der Waals surface area contributed by atoms with E-state index < -0.39 is 0 Å². The Morgan fingerprint density at radius 3 is 2.41 bits per heavy atom. The van der Waals surface area contributed by atoms with Crippen LogP contribution in [0, 0.1) is 6.92 Å². The average Bonchev–Trinajstić information content (AvgIpc) is 2.47. The van der Waals surface area contributed by atoms with Crippen molar-refractivity contribution in [3.63, 3.8) is 0 Å². The van der Waals surface area contributed by atoms with Crippen molar-refractivity contribution in [2.24, 2.45) is 0 Å². The van der Waals surface area contributed by atoms with Gasteiger partial charge in [0.05, 0.1) is 0 Å². The summed E-state index contributed by atoms with van der Waals surface area (Å²) in [4.78, 5) is 20.1. The molecular weight excluding hydrogens is 276 g/mol. The van der Waals surface area contributed by atoms with Gasteiger partial charge in [0, 0.05) is 23.4 Å². The van der Waals surface area contributed by atoms with E-state index in [1.807, 2.05) is 25.1 Å². The Bertz CT molecular complexity index is 652. The normalized spacial score (nSPS) is 11.8. The number of benzene rings is 1. The van der Waals surface area contributed by atoms with E-state index >= 15 is 0 Å². The fourth-order valence-electron chi connectivity index (χ4n) is 2.00. The number of rotatable bonds is 6. The predicted molar refractivity (Wildman–Crippen MR) is 89.9 cm³/mol. The van der Waals surface area contributed by atoms with Crippen LogP contribution in [0.25, 0.3) is 0 Å². The van der Waals surface area contributed by atoms with Gasteiger partial charge in [0.1, 0.15) is 17.5 Å². The summed E-state index contributed by atoms with van der Waals surface area (Å²) in [5.41, 5.74) is 1.58. The molecule has 1 unspecified atom stereocenters. The molecule has 1 aromatic heterocycles. The number of aryl methyl sites for hydroxylation is 1. The number of nitrogens with one attached hydrogen (secondary N) is 2. The highest BCUT2D eigenvalue weighted by Crippen LogP contribution is 2.19. The zero-order chi connectivity index (χ0) is 16.1. The summed E-state index contributed by atoms with van der Waals surface area (Å²) in [6.45, 7) is 7.67. The molecule has 0 radical (unpaired) electrons. The van der Waals surface area contributed by atoms with Gasteiger partial charge >= 0.3 is 0 Å². The molecule has 0 amide bonds. The van der Waals surface area contributed by atoms with Crippen LogP contribution in [0.1, 0.15) is 43.4 Å². The molecule has 0 saturated carbocycles. The standard InChI is InChI=1S/C17H22N4O/c1-5-11(2)18-16-10-17(20-13(4)19-16)21-15-8-6-14(7-9-15)12(3)22/h6-11H,5H2,1-4H3,(H2,18,19,20,21). The number of aromatic nitrogens is 2. The molecule has 1 aromatic carbocycles. The van der Waals surface area contributed by atoms with Crippen LogP contribution in [0.15, 0.2) is 30.3 Å². The van der Waals surface area contributed by atoms with Gasteiger partial charge in [-0.05, 0) is 51.5 Å². The monoisotopic (exact) mass is 298 g/mol. The summed E-state index contributed by atoms with van der Waals surface area (Å²) in [7, 11) is 0. The fraction of sp³-hybridized carbons (Fsp3) is 0.353. The first-order valence-corrected chi connectivity index (χ1v) is 7.48. The Balaban J connectivity index is 2.16. The first kappa shape index (κ1) is 15.9. The lowest BCUT2D eigenvalue weighted by Gasteiger charge is -2.14. The number of Topliss-reactive ketones (excluding diaryl/α,β-unsaturated/α-hetero) is 1. The molecule has 2 N–H and O–H groups in total. The molecule has 0 aliphatic carbocycles. The van der Waals surface area contributed by atoms with E-state index in [2.05, 4.69) is 34.4 Å². The number of nitrogens with zero attached hydrogens (tertiary/aromatic N) is 2. The van der Waals surface area contributed by atoms with Crippen LogP contribution in [0.5, 0.6) is 0 Å². The number of carbonyl (C=O) groups excluding carboxylic acids is 1. The Morgan fingerprint density at radius 2 is 1.82 bits per heavy atom. The third kappa shape index (κ3) is 4.28. The second-order valence-electron chi connectivity index (χ2n) is 5.40. The number of ketones is 1. The average molecular weight is 298 g/mol. The first-order chi connectivity index (χ1) is 10.5. The smallest absolute Gasteiger partial charge is 0.159 e. The molecule has 2 rings (SSSR count). The Hall–Kier alpha value is -2.43. The molecule has 1 heterocycles. The van der Waals surface area contributed by atoms with Gasteiger partial charge in [-0.3, -0.25) is 4.79 Å². The number of hydrogen-bond acceptors (Lipinski definition) is 5. The van der Waals surface area contributed by atoms with Gasteiger partial charge < -0.3 is 10.6 Å². The van der Waals surface area contributed by atoms with Crippen molar-refractivity contribution >= 4 is 23.1 Å². The van der Waals surface area contributed by atoms with Crippen molar-refractivity contribution in [1.82, 2.24) is 9.97 Å². The van der Waals surface area contributed by atoms with Crippen LogP contribution in [0.2, 0.25) is 0 Å². The molecule has 1 atom stereocenters. The third-order valence-corrected chi connectivity index (χ3v) is 3.41. The molecule has 0 fully saturated rings. The van der Waals surface area contributed by atoms with Crippen LogP contribution in [-0.2, 0) is 0 Å². The molecule has 0 spiro atoms. The number of hydrogen-bond donors (Lipinski definition) is 2. The summed E-state index contributed by atoms with van der Waals surface area (Å²) in [5, 5.41) is 6.59. The summed E-state index contributed by atoms with van der Waals surface area (Å²) in [6, 6.07) is 9.59. The topological polar surface area (TPSA) is 66.9 Å². The van der Waals surface area contributed by atoms with Gasteiger partial charge in [0.25, 0.3) is 0 Å². The Morgan fingerprint density at radius 1 is 1.18 bits per heavy atom. The molecule has 22 heavy (non-hydrogen) atoms. The fourth-order valence-corrected chi connectivity index (χ4v) is 2.00. The first-order valence-electron chi connectivity index (χ1n) is 7.48. The lowest BCUT2D eigenvalue weighted by Crippen LogP contribution is -2.15. The lowest BCUT2D eigenvalue weighted by molar-refractivity contribution is 0.101. The molecule has 5 heteroatoms. The van der Waals surface area contributed by atoms with E-state index in [0.717, 1.165) is 23.7 Å². The van der Waals surface area contributed by atoms with Gasteiger partial charge in [-0.15, -0.1) is 0 Å². The maximum absolute atomic E-state index is 11.3. The second kappa shape index (κ2) is 7.02. The van der Waals surface area contributed by atoms with Crippen molar-refractivity contribution in [2.75, 3.05) is 10.6 Å². The van der Waals surface area contributed by atoms with Gasteiger partial charge in [-0.1, -0.05) is 6.92 Å². The van der Waals surface area contributed by atoms with Crippen LogP contribution >= 0.6 is 0 Å². The molecule has 116 valence electrons. The van der Waals surface area contributed by atoms with Gasteiger partial charge in [-0.2, -0.15) is 0 Å². The molecular formula is C17H22N4O. The van der Waals surface area contributed by atoms with E-state index in [1.54, 1.807) is 19.1 Å². The molecule has 5 nitrogen and oxygen atoms in total. The minimum Gasteiger partial charge on any atom is -0.367 e. The van der Waals surface area contributed by atoms with Gasteiger partial charge in [0.15, 0.2) is 5.78 Å². The lowest BCUT2D eigenvalue weighted by atomic mass is 10.1. The van der Waals surface area contributed by atoms with Crippen molar-refractivity contribution in [3.05, 3.63) is 41.7 Å². The largest absolute Gasteiger partial charge is 0.367 e. The van der Waals surface area contributed by atoms with Crippen LogP contribution in [-0.4, -0.2) is 21.8 Å². The van der Waals surface area contributed by atoms with Crippen molar-refractivity contribution < 1.29 is 4.79 Å². The molecule has 0 bridgehead atoms. The SMILES string of the molecule is CCC(C)Nc1cc(Nc2ccc(C(C)=O)cc2)nc(C)n1. The molecule has 0 aliphatic heterocycles. The Kier molecular flexibility index (Phi) is 5.09. The van der Waals surface area contributed by atoms with E-state index in [4.69, 9.17) is 0 Å². The quantitative estimate of drug-likeness (QED) is 0.791. The molecule has 0 saturated heterocycles.